The third-order valence-corrected chi connectivity index (χ3v) is 2.18. The molecular formula is C8H15N3S. The Morgan fingerprint density at radius 3 is 2.42 bits per heavy atom. The van der Waals surface area contributed by atoms with E-state index >= 15 is 0 Å². The van der Waals surface area contributed by atoms with Gasteiger partial charge in [-0.25, -0.2) is 0 Å². The Morgan fingerprint density at radius 2 is 2.00 bits per heavy atom. The molecular weight excluding hydrogens is 170 g/mol. The van der Waals surface area contributed by atoms with Crippen LogP contribution >= 0.6 is 11.3 Å². The summed E-state index contributed by atoms with van der Waals surface area (Å²) in [4.78, 5) is 0. The molecule has 4 heteroatoms. The Hall–Kier alpha value is -0.480. The quantitative estimate of drug-likeness (QED) is 0.762. The number of nitrogens with zero attached hydrogens (tertiary/aromatic N) is 2. The van der Waals surface area contributed by atoms with Crippen LogP contribution in [0.15, 0.2) is 0 Å². The van der Waals surface area contributed by atoms with Crippen LogP contribution in [0.1, 0.15) is 30.8 Å². The molecule has 0 unspecified atom stereocenters. The fraction of sp³-hybridized carbons (Fsp3) is 0.750. The molecule has 0 saturated heterocycles. The van der Waals surface area contributed by atoms with E-state index in [0.717, 1.165) is 16.6 Å². The first-order chi connectivity index (χ1) is 5.47. The standard InChI is InChI=1S/C8H15N3S/c1-6-10-11-7(12-6)5-9-8(2,3)4/h9H,5H2,1-4H3. The summed E-state index contributed by atoms with van der Waals surface area (Å²) in [6.45, 7) is 9.20. The molecule has 1 heterocycles. The van der Waals surface area contributed by atoms with E-state index in [9.17, 15) is 0 Å². The van der Waals surface area contributed by atoms with Gasteiger partial charge in [0, 0.05) is 5.54 Å². The van der Waals surface area contributed by atoms with Gasteiger partial charge in [-0.15, -0.1) is 21.5 Å². The molecule has 1 aromatic rings. The Balaban J connectivity index is 2.44. The molecule has 0 bridgehead atoms. The summed E-state index contributed by atoms with van der Waals surface area (Å²) in [5.74, 6) is 0. The highest BCUT2D eigenvalue weighted by molar-refractivity contribution is 7.11. The monoisotopic (exact) mass is 185 g/mol. The van der Waals surface area contributed by atoms with Gasteiger partial charge in [0.15, 0.2) is 0 Å². The van der Waals surface area contributed by atoms with Gasteiger partial charge in [-0.2, -0.15) is 0 Å². The van der Waals surface area contributed by atoms with Gasteiger partial charge in [0.1, 0.15) is 10.0 Å². The van der Waals surface area contributed by atoms with Crippen LogP contribution < -0.4 is 5.32 Å². The zero-order valence-corrected chi connectivity index (χ0v) is 8.83. The summed E-state index contributed by atoms with van der Waals surface area (Å²) >= 11 is 1.64. The van der Waals surface area contributed by atoms with Gasteiger partial charge in [0.05, 0.1) is 6.54 Å². The lowest BCUT2D eigenvalue weighted by molar-refractivity contribution is 0.423. The van der Waals surface area contributed by atoms with E-state index in [1.165, 1.54) is 0 Å². The maximum atomic E-state index is 4.02. The van der Waals surface area contributed by atoms with Gasteiger partial charge in [-0.05, 0) is 27.7 Å². The van der Waals surface area contributed by atoms with Crippen molar-refractivity contribution in [3.63, 3.8) is 0 Å². The molecule has 12 heavy (non-hydrogen) atoms. The Labute approximate surface area is 77.2 Å². The molecule has 1 rings (SSSR count). The molecule has 0 fully saturated rings. The van der Waals surface area contributed by atoms with Crippen molar-refractivity contribution >= 4 is 11.3 Å². The third-order valence-electron chi connectivity index (χ3n) is 1.34. The second-order valence-electron chi connectivity index (χ2n) is 3.82. The average Bonchev–Trinajstić information content (AvgIpc) is 2.30. The zero-order valence-electron chi connectivity index (χ0n) is 8.01. The predicted molar refractivity (Wildman–Crippen MR) is 51.2 cm³/mol. The highest BCUT2D eigenvalue weighted by Gasteiger charge is 2.09. The van der Waals surface area contributed by atoms with Crippen LogP contribution in [0.3, 0.4) is 0 Å². The van der Waals surface area contributed by atoms with Crippen LogP contribution in [0.25, 0.3) is 0 Å². The highest BCUT2D eigenvalue weighted by Crippen LogP contribution is 2.09. The summed E-state index contributed by atoms with van der Waals surface area (Å²) in [7, 11) is 0. The molecule has 0 atom stereocenters. The minimum absolute atomic E-state index is 0.152. The molecule has 0 aliphatic heterocycles. The van der Waals surface area contributed by atoms with Crippen molar-refractivity contribution in [2.45, 2.75) is 39.8 Å². The van der Waals surface area contributed by atoms with Gasteiger partial charge in [-0.3, -0.25) is 0 Å². The van der Waals surface area contributed by atoms with Crippen molar-refractivity contribution in [3.05, 3.63) is 10.0 Å². The predicted octanol–water partition coefficient (Wildman–Crippen LogP) is 1.73. The number of rotatable bonds is 2. The summed E-state index contributed by atoms with van der Waals surface area (Å²) in [6.07, 6.45) is 0. The first kappa shape index (κ1) is 9.61. The lowest BCUT2D eigenvalue weighted by Crippen LogP contribution is -2.35. The van der Waals surface area contributed by atoms with Crippen molar-refractivity contribution in [1.82, 2.24) is 15.5 Å². The number of hydrogen-bond acceptors (Lipinski definition) is 4. The van der Waals surface area contributed by atoms with E-state index < -0.39 is 0 Å². The van der Waals surface area contributed by atoms with Crippen molar-refractivity contribution in [2.75, 3.05) is 0 Å². The molecule has 0 aromatic carbocycles. The lowest BCUT2D eigenvalue weighted by Gasteiger charge is -2.19. The minimum atomic E-state index is 0.152. The molecule has 0 spiro atoms. The van der Waals surface area contributed by atoms with Gasteiger partial charge in [0.25, 0.3) is 0 Å². The van der Waals surface area contributed by atoms with Crippen molar-refractivity contribution in [2.24, 2.45) is 0 Å². The smallest absolute Gasteiger partial charge is 0.131 e. The highest BCUT2D eigenvalue weighted by atomic mass is 32.1. The van der Waals surface area contributed by atoms with Gasteiger partial charge in [0.2, 0.25) is 0 Å². The van der Waals surface area contributed by atoms with Crippen molar-refractivity contribution in [3.8, 4) is 0 Å². The summed E-state index contributed by atoms with van der Waals surface area (Å²) in [5, 5.41) is 13.4. The molecule has 3 nitrogen and oxygen atoms in total. The Bertz CT molecular complexity index is 249. The Morgan fingerprint density at radius 1 is 1.33 bits per heavy atom. The number of aromatic nitrogens is 2. The SMILES string of the molecule is Cc1nnc(CNC(C)(C)C)s1. The van der Waals surface area contributed by atoms with E-state index in [2.05, 4.69) is 36.3 Å². The molecule has 0 aliphatic carbocycles. The lowest BCUT2D eigenvalue weighted by atomic mass is 10.1. The van der Waals surface area contributed by atoms with Crippen LogP contribution in [0, 0.1) is 6.92 Å². The van der Waals surface area contributed by atoms with E-state index in [-0.39, 0.29) is 5.54 Å². The third kappa shape index (κ3) is 3.28. The van der Waals surface area contributed by atoms with Gasteiger partial charge in [-0.1, -0.05) is 0 Å². The summed E-state index contributed by atoms with van der Waals surface area (Å²) in [6, 6.07) is 0. The molecule has 68 valence electrons. The van der Waals surface area contributed by atoms with Crippen LogP contribution in [0.2, 0.25) is 0 Å². The first-order valence-electron chi connectivity index (χ1n) is 4.01. The molecule has 1 aromatic heterocycles. The summed E-state index contributed by atoms with van der Waals surface area (Å²) in [5.41, 5.74) is 0.152. The molecule has 0 amide bonds. The normalized spacial score (nSPS) is 12.0. The van der Waals surface area contributed by atoms with E-state index in [1.54, 1.807) is 11.3 Å². The van der Waals surface area contributed by atoms with Crippen molar-refractivity contribution in [1.29, 1.82) is 0 Å². The maximum Gasteiger partial charge on any atom is 0.131 e. The fourth-order valence-electron chi connectivity index (χ4n) is 0.750. The minimum Gasteiger partial charge on any atom is -0.306 e. The maximum absolute atomic E-state index is 4.02. The van der Waals surface area contributed by atoms with Crippen LogP contribution in [-0.4, -0.2) is 15.7 Å². The first-order valence-corrected chi connectivity index (χ1v) is 4.83. The second-order valence-corrected chi connectivity index (χ2v) is 5.08. The van der Waals surface area contributed by atoms with Crippen LogP contribution in [0.5, 0.6) is 0 Å². The summed E-state index contributed by atoms with van der Waals surface area (Å²) < 4.78 is 0. The molecule has 0 radical (unpaired) electrons. The second kappa shape index (κ2) is 3.49. The number of nitrogens with one attached hydrogen (secondary N) is 1. The fourth-order valence-corrected chi connectivity index (χ4v) is 1.40. The molecule has 1 N–H and O–H groups in total. The average molecular weight is 185 g/mol. The zero-order chi connectivity index (χ0) is 9.19. The van der Waals surface area contributed by atoms with Crippen molar-refractivity contribution < 1.29 is 0 Å². The van der Waals surface area contributed by atoms with Crippen LogP contribution in [-0.2, 0) is 6.54 Å². The van der Waals surface area contributed by atoms with E-state index in [1.807, 2.05) is 6.92 Å². The van der Waals surface area contributed by atoms with Gasteiger partial charge >= 0.3 is 0 Å². The topological polar surface area (TPSA) is 37.8 Å². The van der Waals surface area contributed by atoms with Gasteiger partial charge < -0.3 is 5.32 Å². The van der Waals surface area contributed by atoms with E-state index in [4.69, 9.17) is 0 Å². The molecule has 0 aliphatic rings. The number of hydrogen-bond donors (Lipinski definition) is 1. The number of aryl methyl sites for hydroxylation is 1. The molecule has 0 saturated carbocycles. The van der Waals surface area contributed by atoms with E-state index in [0.29, 0.717) is 0 Å². The van der Waals surface area contributed by atoms with Crippen LogP contribution in [0.4, 0.5) is 0 Å². The largest absolute Gasteiger partial charge is 0.306 e. The Kier molecular flexibility index (Phi) is 2.80.